The SMILES string of the molecule is CC(=O)N[C@@H](Cc1cnc[nH]1)C(=O)NCc1ccc2nonc2c1. The number of amides is 2. The molecule has 0 unspecified atom stereocenters. The maximum Gasteiger partial charge on any atom is 0.243 e. The summed E-state index contributed by atoms with van der Waals surface area (Å²) in [7, 11) is 0. The Labute approximate surface area is 136 Å². The van der Waals surface area contributed by atoms with Crippen molar-refractivity contribution in [2.75, 3.05) is 0 Å². The van der Waals surface area contributed by atoms with Crippen molar-refractivity contribution >= 4 is 22.8 Å². The second kappa shape index (κ2) is 6.90. The molecule has 2 aromatic heterocycles. The van der Waals surface area contributed by atoms with Crippen molar-refractivity contribution in [1.82, 2.24) is 30.9 Å². The molecule has 2 amide bonds. The Morgan fingerprint density at radius 3 is 2.88 bits per heavy atom. The summed E-state index contributed by atoms with van der Waals surface area (Å²) in [5.74, 6) is -0.553. The standard InChI is InChI=1S/C15H16N6O3/c1-9(22)19-14(5-11-7-16-8-18-11)15(23)17-6-10-2-3-12-13(4-10)21-24-20-12/h2-4,7-8,14H,5-6H2,1H3,(H,16,18)(H,17,23)(H,19,22)/t14-/m0/s1. The lowest BCUT2D eigenvalue weighted by Crippen LogP contribution is -2.47. The molecule has 124 valence electrons. The van der Waals surface area contributed by atoms with Gasteiger partial charge >= 0.3 is 0 Å². The fourth-order valence-corrected chi connectivity index (χ4v) is 2.32. The Hall–Kier alpha value is -3.23. The first-order valence-electron chi connectivity index (χ1n) is 7.35. The number of carbonyl (C=O) groups is 2. The number of carbonyl (C=O) groups excluding carboxylic acids is 2. The maximum atomic E-state index is 12.4. The molecule has 3 rings (SSSR count). The van der Waals surface area contributed by atoms with Crippen LogP contribution in [0.15, 0.2) is 35.4 Å². The molecule has 1 atom stereocenters. The molecule has 0 spiro atoms. The average molecular weight is 328 g/mol. The van der Waals surface area contributed by atoms with Crippen molar-refractivity contribution < 1.29 is 14.2 Å². The van der Waals surface area contributed by atoms with Gasteiger partial charge in [-0.2, -0.15) is 0 Å². The molecule has 2 heterocycles. The van der Waals surface area contributed by atoms with Crippen LogP contribution < -0.4 is 10.6 Å². The number of nitrogens with zero attached hydrogens (tertiary/aromatic N) is 3. The van der Waals surface area contributed by atoms with Gasteiger partial charge < -0.3 is 15.6 Å². The number of fused-ring (bicyclic) bond motifs is 1. The van der Waals surface area contributed by atoms with Gasteiger partial charge in [-0.15, -0.1) is 0 Å². The second-order valence-electron chi connectivity index (χ2n) is 5.34. The molecule has 0 bridgehead atoms. The predicted octanol–water partition coefficient (Wildman–Crippen LogP) is 0.309. The van der Waals surface area contributed by atoms with Crippen LogP contribution in [0.25, 0.3) is 11.0 Å². The third kappa shape index (κ3) is 3.75. The first kappa shape index (κ1) is 15.7. The van der Waals surface area contributed by atoms with E-state index in [0.717, 1.165) is 11.3 Å². The summed E-state index contributed by atoms with van der Waals surface area (Å²) >= 11 is 0. The molecule has 0 aliphatic heterocycles. The summed E-state index contributed by atoms with van der Waals surface area (Å²) in [6.45, 7) is 1.68. The van der Waals surface area contributed by atoms with E-state index in [9.17, 15) is 9.59 Å². The van der Waals surface area contributed by atoms with Crippen LogP contribution in [0.1, 0.15) is 18.2 Å². The fourth-order valence-electron chi connectivity index (χ4n) is 2.32. The lowest BCUT2D eigenvalue weighted by molar-refractivity contribution is -0.128. The molecule has 0 saturated carbocycles. The van der Waals surface area contributed by atoms with Crippen LogP contribution in [0.3, 0.4) is 0 Å². The van der Waals surface area contributed by atoms with E-state index in [1.807, 2.05) is 6.07 Å². The first-order valence-corrected chi connectivity index (χ1v) is 7.35. The van der Waals surface area contributed by atoms with Crippen LogP contribution in [-0.2, 0) is 22.6 Å². The van der Waals surface area contributed by atoms with Gasteiger partial charge in [0.15, 0.2) is 0 Å². The van der Waals surface area contributed by atoms with Gasteiger partial charge in [0.25, 0.3) is 0 Å². The number of H-pyrrole nitrogens is 1. The molecular weight excluding hydrogens is 312 g/mol. The fraction of sp³-hybridized carbons (Fsp3) is 0.267. The van der Waals surface area contributed by atoms with Gasteiger partial charge in [0.2, 0.25) is 11.8 Å². The van der Waals surface area contributed by atoms with Crippen molar-refractivity contribution in [2.24, 2.45) is 0 Å². The molecule has 3 N–H and O–H groups in total. The summed E-state index contributed by atoms with van der Waals surface area (Å²) in [6.07, 6.45) is 3.48. The molecule has 0 fully saturated rings. The molecule has 9 nitrogen and oxygen atoms in total. The topological polar surface area (TPSA) is 126 Å². The maximum absolute atomic E-state index is 12.4. The summed E-state index contributed by atoms with van der Waals surface area (Å²) in [5.41, 5.74) is 2.90. The number of aromatic nitrogens is 4. The number of hydrogen-bond donors (Lipinski definition) is 3. The average Bonchev–Trinajstić information content (AvgIpc) is 3.22. The highest BCUT2D eigenvalue weighted by Gasteiger charge is 2.20. The molecule has 1 aromatic carbocycles. The number of aromatic amines is 1. The summed E-state index contributed by atoms with van der Waals surface area (Å²) < 4.78 is 4.64. The zero-order valence-electron chi connectivity index (χ0n) is 12.9. The van der Waals surface area contributed by atoms with Crippen molar-refractivity contribution in [1.29, 1.82) is 0 Å². The van der Waals surface area contributed by atoms with Gasteiger partial charge in [0, 0.05) is 31.8 Å². The van der Waals surface area contributed by atoms with E-state index in [-0.39, 0.29) is 11.8 Å². The highest BCUT2D eigenvalue weighted by Crippen LogP contribution is 2.11. The van der Waals surface area contributed by atoms with Crippen molar-refractivity contribution in [3.63, 3.8) is 0 Å². The van der Waals surface area contributed by atoms with E-state index in [1.165, 1.54) is 13.3 Å². The minimum atomic E-state index is -0.680. The normalized spacial score (nSPS) is 12.0. The molecule has 0 radical (unpaired) electrons. The quantitative estimate of drug-likeness (QED) is 0.598. The lowest BCUT2D eigenvalue weighted by atomic mass is 10.1. The Kier molecular flexibility index (Phi) is 4.50. The zero-order chi connectivity index (χ0) is 16.9. The largest absolute Gasteiger partial charge is 0.350 e. The molecule has 0 aliphatic rings. The monoisotopic (exact) mass is 328 g/mol. The van der Waals surface area contributed by atoms with Gasteiger partial charge in [-0.1, -0.05) is 6.07 Å². The Balaban J connectivity index is 1.64. The van der Waals surface area contributed by atoms with E-state index in [1.54, 1.807) is 18.3 Å². The highest BCUT2D eigenvalue weighted by atomic mass is 16.6. The van der Waals surface area contributed by atoms with Crippen LogP contribution >= 0.6 is 0 Å². The van der Waals surface area contributed by atoms with Gasteiger partial charge in [0.1, 0.15) is 17.1 Å². The van der Waals surface area contributed by atoms with Gasteiger partial charge in [-0.05, 0) is 28.0 Å². The number of rotatable bonds is 6. The van der Waals surface area contributed by atoms with Crippen molar-refractivity contribution in [2.45, 2.75) is 25.9 Å². The molecule has 0 aliphatic carbocycles. The minimum Gasteiger partial charge on any atom is -0.350 e. The number of nitrogens with one attached hydrogen (secondary N) is 3. The van der Waals surface area contributed by atoms with Crippen LogP contribution in [0.2, 0.25) is 0 Å². The highest BCUT2D eigenvalue weighted by molar-refractivity contribution is 5.87. The minimum absolute atomic E-state index is 0.273. The van der Waals surface area contributed by atoms with Crippen molar-refractivity contribution in [3.05, 3.63) is 42.0 Å². The Morgan fingerprint density at radius 2 is 2.12 bits per heavy atom. The number of imidazole rings is 1. The van der Waals surface area contributed by atoms with E-state index in [0.29, 0.717) is 24.0 Å². The van der Waals surface area contributed by atoms with Crippen LogP contribution in [0.5, 0.6) is 0 Å². The Bertz CT molecular complexity index is 842. The van der Waals surface area contributed by atoms with E-state index < -0.39 is 6.04 Å². The third-order valence-corrected chi connectivity index (χ3v) is 3.46. The first-order chi connectivity index (χ1) is 11.6. The summed E-state index contributed by atoms with van der Waals surface area (Å²) in [6, 6.07) is 4.70. The van der Waals surface area contributed by atoms with Crippen LogP contribution in [0, 0.1) is 0 Å². The molecule has 24 heavy (non-hydrogen) atoms. The van der Waals surface area contributed by atoms with Crippen LogP contribution in [-0.4, -0.2) is 38.1 Å². The smallest absolute Gasteiger partial charge is 0.243 e. The lowest BCUT2D eigenvalue weighted by Gasteiger charge is -2.17. The molecule has 3 aromatic rings. The molecular formula is C15H16N6O3. The van der Waals surface area contributed by atoms with Gasteiger partial charge in [-0.3, -0.25) is 9.59 Å². The van der Waals surface area contributed by atoms with E-state index in [2.05, 4.69) is 35.5 Å². The molecule has 0 saturated heterocycles. The predicted molar refractivity (Wildman–Crippen MR) is 83.5 cm³/mol. The van der Waals surface area contributed by atoms with Gasteiger partial charge in [0.05, 0.1) is 6.33 Å². The third-order valence-electron chi connectivity index (χ3n) is 3.46. The number of hydrogen-bond acceptors (Lipinski definition) is 6. The van der Waals surface area contributed by atoms with E-state index >= 15 is 0 Å². The Morgan fingerprint density at radius 1 is 1.29 bits per heavy atom. The second-order valence-corrected chi connectivity index (χ2v) is 5.34. The number of benzene rings is 1. The summed E-state index contributed by atoms with van der Waals surface area (Å²) in [4.78, 5) is 30.5. The molecule has 9 heteroatoms. The van der Waals surface area contributed by atoms with Crippen LogP contribution in [0.4, 0.5) is 0 Å². The summed E-state index contributed by atoms with van der Waals surface area (Å²) in [5, 5.41) is 12.9. The van der Waals surface area contributed by atoms with Crippen molar-refractivity contribution in [3.8, 4) is 0 Å². The zero-order valence-corrected chi connectivity index (χ0v) is 12.9. The van der Waals surface area contributed by atoms with Gasteiger partial charge in [-0.25, -0.2) is 9.61 Å². The van der Waals surface area contributed by atoms with E-state index in [4.69, 9.17) is 0 Å².